The van der Waals surface area contributed by atoms with E-state index in [0.29, 0.717) is 5.92 Å². The molecule has 2 heteroatoms. The minimum Gasteiger partial charge on any atom is -0.351 e. The van der Waals surface area contributed by atoms with E-state index in [-0.39, 0.29) is 16.9 Å². The van der Waals surface area contributed by atoms with Gasteiger partial charge >= 0.3 is 0 Å². The standard InChI is InChI=1S/C13H25NO/c1-12(2,3)9-13(4,5)14-11(15)10-7-6-8-10/h10H,6-9H2,1-5H3,(H,14,15). The molecular formula is C13H25NO. The highest BCUT2D eigenvalue weighted by atomic mass is 16.2. The van der Waals surface area contributed by atoms with Crippen LogP contribution in [0.5, 0.6) is 0 Å². The van der Waals surface area contributed by atoms with Crippen molar-refractivity contribution in [1.29, 1.82) is 0 Å². The quantitative estimate of drug-likeness (QED) is 0.763. The van der Waals surface area contributed by atoms with Gasteiger partial charge in [0.2, 0.25) is 5.91 Å². The van der Waals surface area contributed by atoms with Crippen LogP contribution in [0.4, 0.5) is 0 Å². The first kappa shape index (κ1) is 12.5. The van der Waals surface area contributed by atoms with Crippen molar-refractivity contribution in [2.45, 2.75) is 65.8 Å². The number of carbonyl (C=O) groups excluding carboxylic acids is 1. The molecule has 0 aromatic heterocycles. The van der Waals surface area contributed by atoms with Crippen molar-refractivity contribution < 1.29 is 4.79 Å². The third-order valence-electron chi connectivity index (χ3n) is 2.91. The molecule has 0 atom stereocenters. The number of carbonyl (C=O) groups is 1. The van der Waals surface area contributed by atoms with E-state index in [9.17, 15) is 4.79 Å². The van der Waals surface area contributed by atoms with Crippen LogP contribution >= 0.6 is 0 Å². The summed E-state index contributed by atoms with van der Waals surface area (Å²) >= 11 is 0. The lowest BCUT2D eigenvalue weighted by Gasteiger charge is -2.36. The first-order chi connectivity index (χ1) is 6.70. The molecule has 1 fully saturated rings. The summed E-state index contributed by atoms with van der Waals surface area (Å²) in [6.45, 7) is 10.9. The first-order valence-electron chi connectivity index (χ1n) is 6.02. The highest BCUT2D eigenvalue weighted by Gasteiger charge is 2.31. The van der Waals surface area contributed by atoms with Crippen molar-refractivity contribution in [2.24, 2.45) is 11.3 Å². The summed E-state index contributed by atoms with van der Waals surface area (Å²) < 4.78 is 0. The highest BCUT2D eigenvalue weighted by molar-refractivity contribution is 5.80. The normalized spacial score (nSPS) is 18.5. The van der Waals surface area contributed by atoms with E-state index in [1.807, 2.05) is 0 Å². The fourth-order valence-corrected chi connectivity index (χ4v) is 2.48. The molecule has 1 rings (SSSR count). The summed E-state index contributed by atoms with van der Waals surface area (Å²) in [4.78, 5) is 11.8. The summed E-state index contributed by atoms with van der Waals surface area (Å²) in [7, 11) is 0. The Labute approximate surface area is 93.8 Å². The number of amides is 1. The summed E-state index contributed by atoms with van der Waals surface area (Å²) in [6, 6.07) is 0. The number of rotatable bonds is 3. The molecule has 0 unspecified atom stereocenters. The molecular weight excluding hydrogens is 186 g/mol. The van der Waals surface area contributed by atoms with Gasteiger partial charge in [-0.1, -0.05) is 27.2 Å². The Bertz CT molecular complexity index is 233. The predicted molar refractivity (Wildman–Crippen MR) is 63.6 cm³/mol. The van der Waals surface area contributed by atoms with Crippen LogP contribution in [0.1, 0.15) is 60.3 Å². The maximum Gasteiger partial charge on any atom is 0.223 e. The van der Waals surface area contributed by atoms with E-state index in [1.54, 1.807) is 0 Å². The van der Waals surface area contributed by atoms with Gasteiger partial charge in [-0.2, -0.15) is 0 Å². The van der Waals surface area contributed by atoms with E-state index >= 15 is 0 Å². The van der Waals surface area contributed by atoms with E-state index in [0.717, 1.165) is 19.3 Å². The topological polar surface area (TPSA) is 29.1 Å². The Hall–Kier alpha value is -0.530. The van der Waals surface area contributed by atoms with Crippen LogP contribution < -0.4 is 5.32 Å². The lowest BCUT2D eigenvalue weighted by Crippen LogP contribution is -2.49. The van der Waals surface area contributed by atoms with Crippen LogP contribution in [0.25, 0.3) is 0 Å². The molecule has 0 aliphatic heterocycles. The molecule has 0 heterocycles. The van der Waals surface area contributed by atoms with Crippen LogP contribution in [0, 0.1) is 11.3 Å². The molecule has 0 aromatic carbocycles. The zero-order valence-corrected chi connectivity index (χ0v) is 10.8. The number of hydrogen-bond acceptors (Lipinski definition) is 1. The molecule has 0 aromatic rings. The van der Waals surface area contributed by atoms with Gasteiger partial charge in [-0.25, -0.2) is 0 Å². The molecule has 1 saturated carbocycles. The monoisotopic (exact) mass is 211 g/mol. The number of nitrogens with one attached hydrogen (secondary N) is 1. The van der Waals surface area contributed by atoms with Gasteiger partial charge in [0.05, 0.1) is 0 Å². The fraction of sp³-hybridized carbons (Fsp3) is 0.923. The van der Waals surface area contributed by atoms with Crippen LogP contribution in [-0.2, 0) is 4.79 Å². The van der Waals surface area contributed by atoms with Gasteiger partial charge in [0.1, 0.15) is 0 Å². The van der Waals surface area contributed by atoms with Crippen LogP contribution in [-0.4, -0.2) is 11.4 Å². The lowest BCUT2D eigenvalue weighted by molar-refractivity contribution is -0.129. The summed E-state index contributed by atoms with van der Waals surface area (Å²) in [5.74, 6) is 0.555. The molecule has 0 saturated heterocycles. The third-order valence-corrected chi connectivity index (χ3v) is 2.91. The van der Waals surface area contributed by atoms with Gasteiger partial charge in [0.15, 0.2) is 0 Å². The van der Waals surface area contributed by atoms with Gasteiger partial charge in [-0.3, -0.25) is 4.79 Å². The number of hydrogen-bond donors (Lipinski definition) is 1. The second kappa shape index (κ2) is 4.15. The molecule has 0 radical (unpaired) electrons. The van der Waals surface area contributed by atoms with Crippen molar-refractivity contribution in [3.05, 3.63) is 0 Å². The van der Waals surface area contributed by atoms with Crippen LogP contribution in [0.15, 0.2) is 0 Å². The van der Waals surface area contributed by atoms with Crippen LogP contribution in [0.3, 0.4) is 0 Å². The molecule has 1 amide bonds. The molecule has 15 heavy (non-hydrogen) atoms. The second-order valence-electron chi connectivity index (χ2n) is 6.74. The van der Waals surface area contributed by atoms with Crippen molar-refractivity contribution in [3.63, 3.8) is 0 Å². The Balaban J connectivity index is 2.44. The zero-order valence-electron chi connectivity index (χ0n) is 10.8. The maximum absolute atomic E-state index is 11.8. The Morgan fingerprint density at radius 3 is 2.07 bits per heavy atom. The molecule has 88 valence electrons. The smallest absolute Gasteiger partial charge is 0.223 e. The second-order valence-corrected chi connectivity index (χ2v) is 6.74. The third kappa shape index (κ3) is 4.23. The van der Waals surface area contributed by atoms with Gasteiger partial charge in [0, 0.05) is 11.5 Å². The Morgan fingerprint density at radius 1 is 1.20 bits per heavy atom. The van der Waals surface area contributed by atoms with Crippen LogP contribution in [0.2, 0.25) is 0 Å². The summed E-state index contributed by atoms with van der Waals surface area (Å²) in [5, 5.41) is 3.18. The summed E-state index contributed by atoms with van der Waals surface area (Å²) in [5.41, 5.74) is 0.182. The molecule has 1 N–H and O–H groups in total. The van der Waals surface area contributed by atoms with Crippen molar-refractivity contribution >= 4 is 5.91 Å². The van der Waals surface area contributed by atoms with Gasteiger partial charge in [-0.15, -0.1) is 0 Å². The predicted octanol–water partition coefficient (Wildman–Crippen LogP) is 3.12. The Morgan fingerprint density at radius 2 is 1.73 bits per heavy atom. The van der Waals surface area contributed by atoms with Gasteiger partial charge in [-0.05, 0) is 38.5 Å². The van der Waals surface area contributed by atoms with Gasteiger partial charge in [0.25, 0.3) is 0 Å². The minimum absolute atomic E-state index is 0.0784. The van der Waals surface area contributed by atoms with E-state index in [2.05, 4.69) is 39.9 Å². The van der Waals surface area contributed by atoms with E-state index < -0.39 is 0 Å². The Kier molecular flexibility index (Phi) is 3.47. The first-order valence-corrected chi connectivity index (χ1v) is 6.02. The molecule has 2 nitrogen and oxygen atoms in total. The van der Waals surface area contributed by atoms with Crippen molar-refractivity contribution in [1.82, 2.24) is 5.32 Å². The van der Waals surface area contributed by atoms with Crippen molar-refractivity contribution in [2.75, 3.05) is 0 Å². The molecule has 0 spiro atoms. The largest absolute Gasteiger partial charge is 0.351 e. The molecule has 0 bridgehead atoms. The molecule has 1 aliphatic carbocycles. The van der Waals surface area contributed by atoms with Gasteiger partial charge < -0.3 is 5.32 Å². The van der Waals surface area contributed by atoms with Crippen molar-refractivity contribution in [3.8, 4) is 0 Å². The summed E-state index contributed by atoms with van der Waals surface area (Å²) in [6.07, 6.45) is 4.39. The lowest BCUT2D eigenvalue weighted by atomic mass is 9.80. The van der Waals surface area contributed by atoms with E-state index in [4.69, 9.17) is 0 Å². The zero-order chi connectivity index (χ0) is 11.7. The average molecular weight is 211 g/mol. The SMILES string of the molecule is CC(C)(C)CC(C)(C)NC(=O)C1CCC1. The fourth-order valence-electron chi connectivity index (χ4n) is 2.48. The molecule has 1 aliphatic rings. The van der Waals surface area contributed by atoms with E-state index in [1.165, 1.54) is 6.42 Å². The highest BCUT2D eigenvalue weighted by Crippen LogP contribution is 2.30. The minimum atomic E-state index is -0.0784. The maximum atomic E-state index is 11.8. The average Bonchev–Trinajstić information content (AvgIpc) is 1.71.